The minimum atomic E-state index is -0.641. The van der Waals surface area contributed by atoms with E-state index in [-0.39, 0.29) is 5.91 Å². The van der Waals surface area contributed by atoms with Crippen molar-refractivity contribution in [3.63, 3.8) is 0 Å². The third-order valence-corrected chi connectivity index (χ3v) is 4.34. The van der Waals surface area contributed by atoms with Crippen LogP contribution in [0.5, 0.6) is 5.75 Å². The van der Waals surface area contributed by atoms with Crippen molar-refractivity contribution in [2.24, 2.45) is 17.1 Å². The number of rotatable bonds is 6. The molecule has 2 rings (SSSR count). The Kier molecular flexibility index (Phi) is 4.83. The predicted octanol–water partition coefficient (Wildman–Crippen LogP) is 2.19. The highest BCUT2D eigenvalue weighted by Gasteiger charge is 2.50. The number of hydrogen-bond acceptors (Lipinski definition) is 3. The van der Waals surface area contributed by atoms with E-state index in [0.717, 1.165) is 24.2 Å². The van der Waals surface area contributed by atoms with Gasteiger partial charge in [-0.1, -0.05) is 31.3 Å². The molecule has 4 nitrogen and oxygen atoms in total. The summed E-state index contributed by atoms with van der Waals surface area (Å²) in [6.07, 6.45) is 1.49. The number of aryl methyl sites for hydroxylation is 1. The fourth-order valence-electron chi connectivity index (χ4n) is 2.84. The molecule has 0 heterocycles. The van der Waals surface area contributed by atoms with E-state index in [4.69, 9.17) is 22.7 Å². The summed E-state index contributed by atoms with van der Waals surface area (Å²) in [4.78, 5) is 12.6. The molecule has 0 aliphatic heterocycles. The van der Waals surface area contributed by atoms with Crippen LogP contribution in [0.2, 0.25) is 0 Å². The average molecular weight is 306 g/mol. The van der Waals surface area contributed by atoms with E-state index in [1.165, 1.54) is 0 Å². The zero-order chi connectivity index (χ0) is 15.5. The van der Waals surface area contributed by atoms with Crippen LogP contribution in [0.15, 0.2) is 24.3 Å². The maximum atomic E-state index is 12.3. The molecule has 0 bridgehead atoms. The first-order valence-corrected chi connectivity index (χ1v) is 7.62. The van der Waals surface area contributed by atoms with Gasteiger partial charge in [-0.2, -0.15) is 0 Å². The van der Waals surface area contributed by atoms with Gasteiger partial charge in [0.2, 0.25) is 5.91 Å². The Morgan fingerprint density at radius 2 is 2.24 bits per heavy atom. The van der Waals surface area contributed by atoms with Crippen molar-refractivity contribution >= 4 is 23.1 Å². The molecule has 0 spiro atoms. The summed E-state index contributed by atoms with van der Waals surface area (Å²) in [5, 5.41) is 2.88. The first-order chi connectivity index (χ1) is 9.94. The predicted molar refractivity (Wildman–Crippen MR) is 87.3 cm³/mol. The van der Waals surface area contributed by atoms with Gasteiger partial charge >= 0.3 is 0 Å². The lowest BCUT2D eigenvalue weighted by molar-refractivity contribution is -0.132. The molecule has 0 atom stereocenters. The second kappa shape index (κ2) is 6.43. The number of nitrogens with two attached hydrogens (primary N) is 1. The fourth-order valence-corrected chi connectivity index (χ4v) is 3.10. The molecule has 114 valence electrons. The van der Waals surface area contributed by atoms with Gasteiger partial charge < -0.3 is 15.8 Å². The topological polar surface area (TPSA) is 64.3 Å². The van der Waals surface area contributed by atoms with Gasteiger partial charge in [0.25, 0.3) is 0 Å². The van der Waals surface area contributed by atoms with Crippen molar-refractivity contribution < 1.29 is 9.53 Å². The second-order valence-corrected chi connectivity index (χ2v) is 6.32. The number of benzene rings is 1. The molecule has 0 unspecified atom stereocenters. The molecule has 5 heteroatoms. The monoisotopic (exact) mass is 306 g/mol. The molecule has 0 radical (unpaired) electrons. The van der Waals surface area contributed by atoms with Crippen LogP contribution in [0.3, 0.4) is 0 Å². The van der Waals surface area contributed by atoms with Crippen LogP contribution in [0.25, 0.3) is 0 Å². The quantitative estimate of drug-likeness (QED) is 0.624. The van der Waals surface area contributed by atoms with Crippen molar-refractivity contribution in [3.8, 4) is 5.75 Å². The lowest BCUT2D eigenvalue weighted by Gasteiger charge is -2.44. The summed E-state index contributed by atoms with van der Waals surface area (Å²) in [5.74, 6) is 1.24. The van der Waals surface area contributed by atoms with Crippen molar-refractivity contribution in [1.82, 2.24) is 5.32 Å². The van der Waals surface area contributed by atoms with Crippen LogP contribution >= 0.6 is 12.2 Å². The Labute approximate surface area is 131 Å². The standard InChI is InChI=1S/C16H22N2O2S/c1-11-4-3-5-13(8-11)20-7-6-18-15(19)16(14(17)21)9-12(2)10-16/h3-5,8,12H,6-7,9-10H2,1-2H3,(H2,17,21)(H,18,19). The van der Waals surface area contributed by atoms with Crippen molar-refractivity contribution in [1.29, 1.82) is 0 Å². The molecule has 3 N–H and O–H groups in total. The van der Waals surface area contributed by atoms with Crippen LogP contribution in [0, 0.1) is 18.3 Å². The summed E-state index contributed by atoms with van der Waals surface area (Å²) >= 11 is 5.07. The van der Waals surface area contributed by atoms with Gasteiger partial charge in [0, 0.05) is 0 Å². The number of carbonyl (C=O) groups is 1. The van der Waals surface area contributed by atoms with E-state index in [1.807, 2.05) is 31.2 Å². The van der Waals surface area contributed by atoms with Crippen LogP contribution in [-0.4, -0.2) is 24.0 Å². The molecule has 1 amide bonds. The Hall–Kier alpha value is -1.62. The van der Waals surface area contributed by atoms with Crippen molar-refractivity contribution in [3.05, 3.63) is 29.8 Å². The van der Waals surface area contributed by atoms with E-state index >= 15 is 0 Å². The number of amides is 1. The zero-order valence-corrected chi connectivity index (χ0v) is 13.3. The lowest BCUT2D eigenvalue weighted by Crippen LogP contribution is -2.56. The zero-order valence-electron chi connectivity index (χ0n) is 12.5. The summed E-state index contributed by atoms with van der Waals surface area (Å²) < 4.78 is 5.60. The van der Waals surface area contributed by atoms with Crippen LogP contribution in [-0.2, 0) is 4.79 Å². The summed E-state index contributed by atoms with van der Waals surface area (Å²) in [5.41, 5.74) is 6.25. The van der Waals surface area contributed by atoms with Crippen LogP contribution in [0.1, 0.15) is 25.3 Å². The van der Waals surface area contributed by atoms with Gasteiger partial charge in [-0.3, -0.25) is 4.79 Å². The Morgan fingerprint density at radius 1 is 1.52 bits per heavy atom. The Morgan fingerprint density at radius 3 is 2.81 bits per heavy atom. The molecule has 1 aromatic carbocycles. The first-order valence-electron chi connectivity index (χ1n) is 7.22. The molecule has 21 heavy (non-hydrogen) atoms. The first kappa shape index (κ1) is 15.8. The molecule has 0 aromatic heterocycles. The number of nitrogens with one attached hydrogen (secondary N) is 1. The van der Waals surface area contributed by atoms with Gasteiger partial charge in [0.05, 0.1) is 16.9 Å². The fraction of sp³-hybridized carbons (Fsp3) is 0.500. The lowest BCUT2D eigenvalue weighted by atomic mass is 9.62. The van der Waals surface area contributed by atoms with Crippen molar-refractivity contribution in [2.45, 2.75) is 26.7 Å². The summed E-state index contributed by atoms with van der Waals surface area (Å²) in [6, 6.07) is 7.82. The average Bonchev–Trinajstić information content (AvgIpc) is 2.39. The van der Waals surface area contributed by atoms with Crippen molar-refractivity contribution in [2.75, 3.05) is 13.2 Å². The highest BCUT2D eigenvalue weighted by atomic mass is 32.1. The highest BCUT2D eigenvalue weighted by molar-refractivity contribution is 7.80. The molecular formula is C16H22N2O2S. The van der Waals surface area contributed by atoms with E-state index in [2.05, 4.69) is 12.2 Å². The molecule has 1 aliphatic rings. The third-order valence-electron chi connectivity index (χ3n) is 3.95. The minimum absolute atomic E-state index is 0.0686. The van der Waals surface area contributed by atoms with Gasteiger partial charge in [0.1, 0.15) is 12.4 Å². The number of thiocarbonyl (C=S) groups is 1. The molecule has 0 saturated heterocycles. The highest BCUT2D eigenvalue weighted by Crippen LogP contribution is 2.45. The summed E-state index contributed by atoms with van der Waals surface area (Å²) in [6.45, 7) is 4.99. The van der Waals surface area contributed by atoms with E-state index < -0.39 is 5.41 Å². The van der Waals surface area contributed by atoms with E-state index in [0.29, 0.717) is 24.1 Å². The molecule has 1 aromatic rings. The van der Waals surface area contributed by atoms with Crippen LogP contribution in [0.4, 0.5) is 0 Å². The van der Waals surface area contributed by atoms with E-state index in [9.17, 15) is 4.79 Å². The third kappa shape index (κ3) is 3.53. The van der Waals surface area contributed by atoms with Gasteiger partial charge in [-0.15, -0.1) is 0 Å². The van der Waals surface area contributed by atoms with Gasteiger partial charge in [-0.05, 0) is 43.4 Å². The maximum absolute atomic E-state index is 12.3. The maximum Gasteiger partial charge on any atom is 0.233 e. The number of carbonyl (C=O) groups excluding carboxylic acids is 1. The van der Waals surface area contributed by atoms with Gasteiger partial charge in [-0.25, -0.2) is 0 Å². The minimum Gasteiger partial charge on any atom is -0.492 e. The normalized spacial score (nSPS) is 24.0. The number of ether oxygens (including phenoxy) is 1. The molecule has 1 aliphatic carbocycles. The number of hydrogen-bond donors (Lipinski definition) is 2. The SMILES string of the molecule is Cc1cccc(OCCNC(=O)C2(C(N)=S)CC(C)C2)c1. The second-order valence-electron chi connectivity index (χ2n) is 5.88. The smallest absolute Gasteiger partial charge is 0.233 e. The molecule has 1 saturated carbocycles. The van der Waals surface area contributed by atoms with E-state index in [1.54, 1.807) is 0 Å². The molecule has 1 fully saturated rings. The largest absolute Gasteiger partial charge is 0.492 e. The Balaban J connectivity index is 1.78. The Bertz CT molecular complexity index is 539. The van der Waals surface area contributed by atoms with Crippen LogP contribution < -0.4 is 15.8 Å². The molecular weight excluding hydrogens is 284 g/mol. The summed E-state index contributed by atoms with van der Waals surface area (Å²) in [7, 11) is 0. The van der Waals surface area contributed by atoms with Gasteiger partial charge in [0.15, 0.2) is 0 Å².